The van der Waals surface area contributed by atoms with Crippen LogP contribution in [0, 0.1) is 5.92 Å². The monoisotopic (exact) mass is 398 g/mol. The van der Waals surface area contributed by atoms with Crippen molar-refractivity contribution in [2.24, 2.45) is 5.92 Å². The third-order valence-electron chi connectivity index (χ3n) is 4.54. The molecular weight excluding hydrogens is 376 g/mol. The lowest BCUT2D eigenvalue weighted by Gasteiger charge is -2.20. The van der Waals surface area contributed by atoms with E-state index < -0.39 is 24.4 Å². The standard InChI is InChI=1S/C21H22N2O6/c1-27-16-8-9-18(28-2)17(11-16)23-12-14(10-20(23)25)21(26)29-13-19(24)22-15-6-4-3-5-7-15/h3-9,11,14H,10,12-13H2,1-2H3,(H,22,24)/t14-/m0/s1. The van der Waals surface area contributed by atoms with Gasteiger partial charge >= 0.3 is 5.97 Å². The molecule has 1 aliphatic rings. The molecule has 0 aromatic heterocycles. The number of esters is 1. The first-order valence-corrected chi connectivity index (χ1v) is 9.05. The Bertz CT molecular complexity index is 899. The van der Waals surface area contributed by atoms with Crippen LogP contribution in [0.3, 0.4) is 0 Å². The minimum atomic E-state index is -0.664. The van der Waals surface area contributed by atoms with E-state index in [-0.39, 0.29) is 18.9 Å². The Kier molecular flexibility index (Phi) is 6.33. The van der Waals surface area contributed by atoms with Crippen LogP contribution < -0.4 is 19.7 Å². The molecule has 2 amide bonds. The van der Waals surface area contributed by atoms with Gasteiger partial charge in [-0.2, -0.15) is 0 Å². The number of anilines is 2. The van der Waals surface area contributed by atoms with E-state index in [1.807, 2.05) is 6.07 Å². The predicted octanol–water partition coefficient (Wildman–Crippen LogP) is 2.24. The Labute approximate surface area is 168 Å². The smallest absolute Gasteiger partial charge is 0.311 e. The molecule has 8 nitrogen and oxygen atoms in total. The van der Waals surface area contributed by atoms with Crippen molar-refractivity contribution in [3.05, 3.63) is 48.5 Å². The minimum absolute atomic E-state index is 0.000494. The maximum absolute atomic E-state index is 12.5. The molecule has 0 saturated carbocycles. The number of methoxy groups -OCH3 is 2. The van der Waals surface area contributed by atoms with Gasteiger partial charge in [0.1, 0.15) is 11.5 Å². The Morgan fingerprint density at radius 1 is 1.10 bits per heavy atom. The highest BCUT2D eigenvalue weighted by Crippen LogP contribution is 2.36. The number of nitrogens with one attached hydrogen (secondary N) is 1. The molecule has 1 aliphatic heterocycles. The van der Waals surface area contributed by atoms with Gasteiger partial charge in [0.15, 0.2) is 6.61 Å². The van der Waals surface area contributed by atoms with Crippen LogP contribution in [0.15, 0.2) is 48.5 Å². The molecule has 1 N–H and O–H groups in total. The van der Waals surface area contributed by atoms with Crippen LogP contribution in [-0.2, 0) is 19.1 Å². The molecule has 152 valence electrons. The fraction of sp³-hybridized carbons (Fsp3) is 0.286. The zero-order valence-electron chi connectivity index (χ0n) is 16.2. The molecule has 0 spiro atoms. The topological polar surface area (TPSA) is 94.2 Å². The highest BCUT2D eigenvalue weighted by Gasteiger charge is 2.37. The van der Waals surface area contributed by atoms with E-state index in [1.54, 1.807) is 42.5 Å². The molecule has 1 heterocycles. The fourth-order valence-corrected chi connectivity index (χ4v) is 3.08. The van der Waals surface area contributed by atoms with Gasteiger partial charge in [-0.1, -0.05) is 18.2 Å². The fourth-order valence-electron chi connectivity index (χ4n) is 3.08. The average molecular weight is 398 g/mol. The summed E-state index contributed by atoms with van der Waals surface area (Å²) in [5.41, 5.74) is 1.13. The lowest BCUT2D eigenvalue weighted by atomic mass is 10.1. The maximum atomic E-state index is 12.5. The molecule has 8 heteroatoms. The molecule has 0 bridgehead atoms. The van der Waals surface area contributed by atoms with E-state index in [0.29, 0.717) is 22.9 Å². The van der Waals surface area contributed by atoms with Crippen LogP contribution in [0.1, 0.15) is 6.42 Å². The first-order valence-electron chi connectivity index (χ1n) is 9.05. The van der Waals surface area contributed by atoms with Crippen molar-refractivity contribution in [2.45, 2.75) is 6.42 Å². The molecule has 0 unspecified atom stereocenters. The van der Waals surface area contributed by atoms with Gasteiger partial charge in [0.2, 0.25) is 5.91 Å². The van der Waals surface area contributed by atoms with E-state index in [9.17, 15) is 14.4 Å². The van der Waals surface area contributed by atoms with Gasteiger partial charge < -0.3 is 24.4 Å². The van der Waals surface area contributed by atoms with Crippen molar-refractivity contribution in [1.82, 2.24) is 0 Å². The largest absolute Gasteiger partial charge is 0.497 e. The van der Waals surface area contributed by atoms with E-state index in [2.05, 4.69) is 5.32 Å². The summed E-state index contributed by atoms with van der Waals surface area (Å²) < 4.78 is 15.6. The molecule has 29 heavy (non-hydrogen) atoms. The summed E-state index contributed by atoms with van der Waals surface area (Å²) in [5.74, 6) is -0.867. The van der Waals surface area contributed by atoms with E-state index >= 15 is 0 Å². The number of carbonyl (C=O) groups excluding carboxylic acids is 3. The lowest BCUT2D eigenvalue weighted by molar-refractivity contribution is -0.151. The maximum Gasteiger partial charge on any atom is 0.311 e. The summed E-state index contributed by atoms with van der Waals surface area (Å²) in [4.78, 5) is 38.3. The number of hydrogen-bond acceptors (Lipinski definition) is 6. The SMILES string of the molecule is COc1ccc(OC)c(N2C[C@@H](C(=O)OCC(=O)Nc3ccccc3)CC2=O)c1. The van der Waals surface area contributed by atoms with E-state index in [0.717, 1.165) is 0 Å². The molecular formula is C21H22N2O6. The second kappa shape index (κ2) is 9.09. The van der Waals surface area contributed by atoms with E-state index in [1.165, 1.54) is 19.1 Å². The predicted molar refractivity (Wildman–Crippen MR) is 106 cm³/mol. The number of rotatable bonds is 7. The number of carbonyl (C=O) groups is 3. The summed E-state index contributed by atoms with van der Waals surface area (Å²) >= 11 is 0. The van der Waals surface area contributed by atoms with Crippen molar-refractivity contribution in [2.75, 3.05) is 37.6 Å². The number of para-hydroxylation sites is 1. The molecule has 3 rings (SSSR count). The van der Waals surface area contributed by atoms with Gasteiger partial charge in [0.25, 0.3) is 5.91 Å². The zero-order valence-corrected chi connectivity index (χ0v) is 16.2. The summed E-state index contributed by atoms with van der Waals surface area (Å²) in [6.07, 6.45) is -0.000494. The summed E-state index contributed by atoms with van der Waals surface area (Å²) in [6.45, 7) is -0.275. The molecule has 2 aromatic rings. The van der Waals surface area contributed by atoms with Crippen LogP contribution in [0.4, 0.5) is 11.4 Å². The van der Waals surface area contributed by atoms with Crippen molar-refractivity contribution < 1.29 is 28.6 Å². The Morgan fingerprint density at radius 3 is 2.55 bits per heavy atom. The molecule has 1 fully saturated rings. The molecule has 2 aromatic carbocycles. The van der Waals surface area contributed by atoms with Crippen molar-refractivity contribution in [3.8, 4) is 11.5 Å². The van der Waals surface area contributed by atoms with E-state index in [4.69, 9.17) is 14.2 Å². The second-order valence-electron chi connectivity index (χ2n) is 6.47. The van der Waals surface area contributed by atoms with Crippen molar-refractivity contribution in [3.63, 3.8) is 0 Å². The number of nitrogens with zero attached hydrogens (tertiary/aromatic N) is 1. The van der Waals surface area contributed by atoms with Crippen molar-refractivity contribution in [1.29, 1.82) is 0 Å². The van der Waals surface area contributed by atoms with Crippen LogP contribution in [0.25, 0.3) is 0 Å². The summed E-state index contributed by atoms with van der Waals surface area (Å²) in [6, 6.07) is 14.0. The van der Waals surface area contributed by atoms with Gasteiger partial charge in [-0.05, 0) is 24.3 Å². The normalized spacial score (nSPS) is 15.7. The minimum Gasteiger partial charge on any atom is -0.497 e. The van der Waals surface area contributed by atoms with Gasteiger partial charge in [-0.3, -0.25) is 14.4 Å². The van der Waals surface area contributed by atoms with Gasteiger partial charge in [0.05, 0.1) is 25.8 Å². The number of benzene rings is 2. The highest BCUT2D eigenvalue weighted by atomic mass is 16.5. The van der Waals surface area contributed by atoms with Gasteiger partial charge in [0, 0.05) is 24.7 Å². The summed E-state index contributed by atoms with van der Waals surface area (Å²) in [5, 5.41) is 2.64. The van der Waals surface area contributed by atoms with Crippen LogP contribution in [0.5, 0.6) is 11.5 Å². The lowest BCUT2D eigenvalue weighted by Crippen LogP contribution is -2.28. The third kappa shape index (κ3) is 4.84. The number of amides is 2. The number of ether oxygens (including phenoxy) is 3. The molecule has 1 saturated heterocycles. The second-order valence-corrected chi connectivity index (χ2v) is 6.47. The Hall–Kier alpha value is -3.55. The first-order chi connectivity index (χ1) is 14.0. The number of hydrogen-bond donors (Lipinski definition) is 1. The quantitative estimate of drug-likeness (QED) is 0.719. The highest BCUT2D eigenvalue weighted by molar-refractivity contribution is 6.01. The van der Waals surface area contributed by atoms with Crippen LogP contribution in [-0.4, -0.2) is 45.2 Å². The molecule has 0 radical (unpaired) electrons. The van der Waals surface area contributed by atoms with Crippen LogP contribution in [0.2, 0.25) is 0 Å². The molecule has 0 aliphatic carbocycles. The first kappa shape index (κ1) is 20.2. The third-order valence-corrected chi connectivity index (χ3v) is 4.54. The zero-order chi connectivity index (χ0) is 20.8. The summed E-state index contributed by atoms with van der Waals surface area (Å²) in [7, 11) is 3.03. The Balaban J connectivity index is 1.60. The Morgan fingerprint density at radius 2 is 1.86 bits per heavy atom. The molecule has 1 atom stereocenters. The van der Waals surface area contributed by atoms with Crippen LogP contribution >= 0.6 is 0 Å². The van der Waals surface area contributed by atoms with Gasteiger partial charge in [-0.15, -0.1) is 0 Å². The average Bonchev–Trinajstić information content (AvgIpc) is 3.13. The van der Waals surface area contributed by atoms with Gasteiger partial charge in [-0.25, -0.2) is 0 Å². The van der Waals surface area contributed by atoms with Crippen molar-refractivity contribution >= 4 is 29.2 Å².